The number of carbonyl (C=O) groups is 1. The maximum absolute atomic E-state index is 11.7. The fraction of sp³-hybridized carbons (Fsp3) is 0.211. The monoisotopic (exact) mass is 328 g/mol. The van der Waals surface area contributed by atoms with Crippen molar-refractivity contribution in [3.63, 3.8) is 0 Å². The van der Waals surface area contributed by atoms with Crippen molar-refractivity contribution in [3.05, 3.63) is 59.7 Å². The highest BCUT2D eigenvalue weighted by molar-refractivity contribution is 5.87. The molecule has 0 atom stereocenters. The number of phenols is 1. The first-order valence-electron chi connectivity index (χ1n) is 7.47. The molecule has 0 fully saturated rings. The number of rotatable bonds is 7. The number of carbonyl (C=O) groups excluding carboxylic acids is 1. The zero-order chi connectivity index (χ0) is 17.4. The molecule has 0 aromatic heterocycles. The van der Waals surface area contributed by atoms with Crippen LogP contribution in [-0.2, 0) is 16.0 Å². The van der Waals surface area contributed by atoms with Crippen molar-refractivity contribution >= 4 is 12.0 Å². The van der Waals surface area contributed by atoms with Gasteiger partial charge in [0.25, 0.3) is 0 Å². The lowest BCUT2D eigenvalue weighted by molar-refractivity contribution is -0.137. The summed E-state index contributed by atoms with van der Waals surface area (Å²) in [6, 6.07) is 12.4. The van der Waals surface area contributed by atoms with Crippen molar-refractivity contribution in [2.24, 2.45) is 0 Å². The van der Waals surface area contributed by atoms with Crippen LogP contribution in [0.3, 0.4) is 0 Å². The van der Waals surface area contributed by atoms with Gasteiger partial charge in [0.2, 0.25) is 0 Å². The lowest BCUT2D eigenvalue weighted by Gasteiger charge is -2.05. The molecule has 0 bridgehead atoms. The molecule has 0 aliphatic carbocycles. The number of hydrogen-bond donors (Lipinski definition) is 1. The molecule has 0 saturated carbocycles. The van der Waals surface area contributed by atoms with E-state index in [0.29, 0.717) is 18.8 Å². The Balaban J connectivity index is 1.82. The van der Waals surface area contributed by atoms with E-state index >= 15 is 0 Å². The van der Waals surface area contributed by atoms with Gasteiger partial charge in [-0.3, -0.25) is 0 Å². The normalized spacial score (nSPS) is 10.6. The Morgan fingerprint density at radius 1 is 1.08 bits per heavy atom. The quantitative estimate of drug-likeness (QED) is 0.624. The molecular formula is C19H20O5. The lowest BCUT2D eigenvalue weighted by Crippen LogP contribution is -2.04. The Morgan fingerprint density at radius 2 is 1.83 bits per heavy atom. The van der Waals surface area contributed by atoms with Gasteiger partial charge in [-0.1, -0.05) is 18.2 Å². The van der Waals surface area contributed by atoms with Crippen LogP contribution in [0.25, 0.3) is 6.08 Å². The van der Waals surface area contributed by atoms with Gasteiger partial charge in [-0.25, -0.2) is 4.79 Å². The molecule has 0 aliphatic heterocycles. The predicted octanol–water partition coefficient (Wildman–Crippen LogP) is 3.21. The second kappa shape index (κ2) is 8.62. The van der Waals surface area contributed by atoms with Crippen LogP contribution < -0.4 is 9.47 Å². The van der Waals surface area contributed by atoms with Gasteiger partial charge in [0.05, 0.1) is 20.8 Å². The summed E-state index contributed by atoms with van der Waals surface area (Å²) >= 11 is 0. The molecule has 126 valence electrons. The molecule has 24 heavy (non-hydrogen) atoms. The van der Waals surface area contributed by atoms with Gasteiger partial charge in [-0.15, -0.1) is 0 Å². The highest BCUT2D eigenvalue weighted by atomic mass is 16.5. The Kier molecular flexibility index (Phi) is 6.25. The van der Waals surface area contributed by atoms with Gasteiger partial charge in [0, 0.05) is 12.5 Å². The van der Waals surface area contributed by atoms with Crippen LogP contribution in [0.2, 0.25) is 0 Å². The lowest BCUT2D eigenvalue weighted by atomic mass is 10.1. The minimum absolute atomic E-state index is 0.0525. The second-order valence-corrected chi connectivity index (χ2v) is 5.03. The first-order chi connectivity index (χ1) is 11.6. The van der Waals surface area contributed by atoms with E-state index in [1.54, 1.807) is 25.3 Å². The summed E-state index contributed by atoms with van der Waals surface area (Å²) in [5, 5.41) is 9.52. The topological polar surface area (TPSA) is 65.0 Å². The van der Waals surface area contributed by atoms with Crippen LogP contribution in [-0.4, -0.2) is 31.9 Å². The summed E-state index contributed by atoms with van der Waals surface area (Å²) in [4.78, 5) is 11.7. The Labute approximate surface area is 141 Å². The molecule has 0 heterocycles. The average molecular weight is 328 g/mol. The molecule has 2 aromatic rings. The van der Waals surface area contributed by atoms with Crippen LogP contribution in [0, 0.1) is 0 Å². The SMILES string of the molecule is COc1ccc(CCOC(=O)/C=C/c2ccc(O)c(OC)c2)cc1. The third-order valence-electron chi connectivity index (χ3n) is 3.41. The van der Waals surface area contributed by atoms with Crippen molar-refractivity contribution in [1.29, 1.82) is 0 Å². The van der Waals surface area contributed by atoms with Crippen LogP contribution in [0.15, 0.2) is 48.5 Å². The van der Waals surface area contributed by atoms with Gasteiger partial charge < -0.3 is 19.3 Å². The summed E-state index contributed by atoms with van der Waals surface area (Å²) in [7, 11) is 3.09. The largest absolute Gasteiger partial charge is 0.504 e. The van der Waals surface area contributed by atoms with Crippen LogP contribution in [0.5, 0.6) is 17.2 Å². The number of aromatic hydroxyl groups is 1. The van der Waals surface area contributed by atoms with Crippen molar-refractivity contribution in [2.45, 2.75) is 6.42 Å². The molecule has 5 heteroatoms. The fourth-order valence-electron chi connectivity index (χ4n) is 2.07. The van der Waals surface area contributed by atoms with Crippen LogP contribution >= 0.6 is 0 Å². The first kappa shape index (κ1) is 17.4. The number of hydrogen-bond acceptors (Lipinski definition) is 5. The highest BCUT2D eigenvalue weighted by Gasteiger charge is 2.02. The number of ether oxygens (including phenoxy) is 3. The maximum atomic E-state index is 11.7. The molecule has 0 spiro atoms. The predicted molar refractivity (Wildman–Crippen MR) is 91.3 cm³/mol. The van der Waals surface area contributed by atoms with E-state index in [2.05, 4.69) is 0 Å². The smallest absolute Gasteiger partial charge is 0.330 e. The summed E-state index contributed by atoms with van der Waals surface area (Å²) in [6.45, 7) is 0.300. The summed E-state index contributed by atoms with van der Waals surface area (Å²) in [6.07, 6.45) is 3.59. The summed E-state index contributed by atoms with van der Waals surface area (Å²) in [5.41, 5.74) is 1.80. The highest BCUT2D eigenvalue weighted by Crippen LogP contribution is 2.26. The van der Waals surface area contributed by atoms with Gasteiger partial charge in [-0.2, -0.15) is 0 Å². The van der Waals surface area contributed by atoms with E-state index < -0.39 is 5.97 Å². The Hall–Kier alpha value is -2.95. The molecule has 2 rings (SSSR count). The van der Waals surface area contributed by atoms with E-state index in [1.165, 1.54) is 19.3 Å². The molecule has 0 saturated heterocycles. The van der Waals surface area contributed by atoms with Crippen molar-refractivity contribution in [2.75, 3.05) is 20.8 Å². The molecule has 1 N–H and O–H groups in total. The average Bonchev–Trinajstić information content (AvgIpc) is 2.61. The van der Waals surface area contributed by atoms with Crippen molar-refractivity contribution in [3.8, 4) is 17.2 Å². The molecule has 0 radical (unpaired) electrons. The summed E-state index contributed by atoms with van der Waals surface area (Å²) < 4.78 is 15.3. The zero-order valence-electron chi connectivity index (χ0n) is 13.7. The number of esters is 1. The zero-order valence-corrected chi connectivity index (χ0v) is 13.7. The standard InChI is InChI=1S/C19H20O5/c1-22-16-7-3-14(4-8-16)11-12-24-19(21)10-6-15-5-9-17(20)18(13-15)23-2/h3-10,13,20H,11-12H2,1-2H3/b10-6+. The minimum atomic E-state index is -0.421. The van der Waals surface area contributed by atoms with E-state index in [4.69, 9.17) is 14.2 Å². The van der Waals surface area contributed by atoms with E-state index in [9.17, 15) is 9.90 Å². The second-order valence-electron chi connectivity index (χ2n) is 5.03. The van der Waals surface area contributed by atoms with E-state index in [0.717, 1.165) is 16.9 Å². The molecular weight excluding hydrogens is 308 g/mol. The number of benzene rings is 2. The first-order valence-corrected chi connectivity index (χ1v) is 7.47. The molecule has 0 unspecified atom stereocenters. The molecule has 2 aromatic carbocycles. The molecule has 0 aliphatic rings. The molecule has 0 amide bonds. The van der Waals surface area contributed by atoms with Gasteiger partial charge in [-0.05, 0) is 41.5 Å². The number of methoxy groups -OCH3 is 2. The third-order valence-corrected chi connectivity index (χ3v) is 3.41. The number of phenolic OH excluding ortho intramolecular Hbond substituents is 1. The fourth-order valence-corrected chi connectivity index (χ4v) is 2.07. The maximum Gasteiger partial charge on any atom is 0.330 e. The third kappa shape index (κ3) is 5.05. The van der Waals surface area contributed by atoms with E-state index in [-0.39, 0.29) is 5.75 Å². The van der Waals surface area contributed by atoms with Crippen molar-refractivity contribution < 1.29 is 24.1 Å². The van der Waals surface area contributed by atoms with Crippen LogP contribution in [0.1, 0.15) is 11.1 Å². The van der Waals surface area contributed by atoms with E-state index in [1.807, 2.05) is 24.3 Å². The van der Waals surface area contributed by atoms with Gasteiger partial charge >= 0.3 is 5.97 Å². The molecule has 5 nitrogen and oxygen atoms in total. The van der Waals surface area contributed by atoms with Crippen LogP contribution in [0.4, 0.5) is 0 Å². The van der Waals surface area contributed by atoms with Crippen molar-refractivity contribution in [1.82, 2.24) is 0 Å². The minimum Gasteiger partial charge on any atom is -0.504 e. The summed E-state index contributed by atoms with van der Waals surface area (Å²) in [5.74, 6) is 0.778. The Bertz CT molecular complexity index is 704. The van der Waals surface area contributed by atoms with Gasteiger partial charge in [0.15, 0.2) is 11.5 Å². The Morgan fingerprint density at radius 3 is 2.50 bits per heavy atom. The van der Waals surface area contributed by atoms with Gasteiger partial charge in [0.1, 0.15) is 5.75 Å².